The monoisotopic (exact) mass is 198 g/mol. The zero-order chi connectivity index (χ0) is 5.11. The summed E-state index contributed by atoms with van der Waals surface area (Å²) in [5, 5.41) is 0. The third-order valence-electron chi connectivity index (χ3n) is 0.733. The number of rotatable bonds is 0. The van der Waals surface area contributed by atoms with Crippen LogP contribution in [-0.4, -0.2) is 37.7 Å². The average molecular weight is 199 g/mol. The Labute approximate surface area is 87.4 Å². The molecule has 8 heavy (non-hydrogen) atoms. The van der Waals surface area contributed by atoms with Gasteiger partial charge in [-0.25, -0.2) is 0 Å². The quantitative estimate of drug-likeness (QED) is 0.556. The van der Waals surface area contributed by atoms with Crippen LogP contribution in [-0.2, 0) is 0 Å². The first kappa shape index (κ1) is 8.96. The van der Waals surface area contributed by atoms with Gasteiger partial charge in [-0.2, -0.15) is 0 Å². The predicted octanol–water partition coefficient (Wildman–Crippen LogP) is 1.53. The van der Waals surface area contributed by atoms with Crippen molar-refractivity contribution in [3.63, 3.8) is 0 Å². The molecular formula is C6H7BrCa. The normalized spacial score (nSPS) is 7.62. The van der Waals surface area contributed by atoms with Gasteiger partial charge in [-0.1, -0.05) is 34.1 Å². The molecule has 0 saturated heterocycles. The van der Waals surface area contributed by atoms with Crippen LogP contribution in [0, 0.1) is 0 Å². The molecule has 0 saturated carbocycles. The van der Waals surface area contributed by atoms with E-state index in [1.807, 2.05) is 30.3 Å². The molecule has 0 aliphatic carbocycles. The Morgan fingerprint density at radius 1 is 1.00 bits per heavy atom. The van der Waals surface area contributed by atoms with Crippen molar-refractivity contribution in [1.82, 2.24) is 0 Å². The van der Waals surface area contributed by atoms with Crippen LogP contribution in [0.25, 0.3) is 0 Å². The molecule has 0 aliphatic rings. The predicted molar refractivity (Wildman–Crippen MR) is 42.7 cm³/mol. The first-order valence-electron chi connectivity index (χ1n) is 2.10. The van der Waals surface area contributed by atoms with Crippen LogP contribution in [0.15, 0.2) is 34.8 Å². The summed E-state index contributed by atoms with van der Waals surface area (Å²) in [6, 6.07) is 9.97. The van der Waals surface area contributed by atoms with Gasteiger partial charge in [0.1, 0.15) is 0 Å². The van der Waals surface area contributed by atoms with Crippen molar-refractivity contribution < 1.29 is 0 Å². The Hall–Kier alpha value is 0.960. The van der Waals surface area contributed by atoms with Gasteiger partial charge in [0.05, 0.1) is 0 Å². The molecule has 0 aliphatic heterocycles. The molecule has 0 radical (unpaired) electrons. The van der Waals surface area contributed by atoms with E-state index < -0.39 is 0 Å². The van der Waals surface area contributed by atoms with E-state index in [4.69, 9.17) is 0 Å². The van der Waals surface area contributed by atoms with Gasteiger partial charge in [0.25, 0.3) is 0 Å². The van der Waals surface area contributed by atoms with Crippen LogP contribution >= 0.6 is 15.9 Å². The molecule has 0 bridgehead atoms. The number of halogens is 1. The molecule has 0 spiro atoms. The first-order valence-corrected chi connectivity index (χ1v) is 2.89. The summed E-state index contributed by atoms with van der Waals surface area (Å²) in [5.74, 6) is 0. The number of hydrogen-bond acceptors (Lipinski definition) is 0. The van der Waals surface area contributed by atoms with Crippen LogP contribution < -0.4 is 0 Å². The Morgan fingerprint density at radius 3 is 1.75 bits per heavy atom. The Balaban J connectivity index is 0.000000490. The summed E-state index contributed by atoms with van der Waals surface area (Å²) in [6.07, 6.45) is 0. The molecule has 0 atom stereocenters. The van der Waals surface area contributed by atoms with Gasteiger partial charge in [-0.3, -0.25) is 0 Å². The van der Waals surface area contributed by atoms with Crippen molar-refractivity contribution in [2.24, 2.45) is 0 Å². The van der Waals surface area contributed by atoms with Crippen LogP contribution in [0.4, 0.5) is 0 Å². The van der Waals surface area contributed by atoms with E-state index in [1.165, 1.54) is 0 Å². The van der Waals surface area contributed by atoms with Crippen LogP contribution in [0.5, 0.6) is 0 Å². The van der Waals surface area contributed by atoms with Gasteiger partial charge in [0.2, 0.25) is 0 Å². The zero-order valence-electron chi connectivity index (χ0n) is 3.76. The topological polar surface area (TPSA) is 0 Å². The van der Waals surface area contributed by atoms with Crippen molar-refractivity contribution in [1.29, 1.82) is 0 Å². The third-order valence-corrected chi connectivity index (χ3v) is 1.26. The Kier molecular flexibility index (Phi) is 5.38. The number of hydrogen-bond donors (Lipinski definition) is 0. The summed E-state index contributed by atoms with van der Waals surface area (Å²) in [7, 11) is 0. The number of benzene rings is 1. The second-order valence-electron chi connectivity index (χ2n) is 1.30. The summed E-state index contributed by atoms with van der Waals surface area (Å²) in [5.41, 5.74) is 0. The molecule has 0 N–H and O–H groups in total. The molecule has 0 nitrogen and oxygen atoms in total. The Morgan fingerprint density at radius 2 is 1.50 bits per heavy atom. The first-order chi connectivity index (χ1) is 3.39. The molecular weight excluding hydrogens is 192 g/mol. The fraction of sp³-hybridized carbons (Fsp3) is 0. The van der Waals surface area contributed by atoms with Crippen molar-refractivity contribution in [3.8, 4) is 0 Å². The van der Waals surface area contributed by atoms with Gasteiger partial charge in [0.15, 0.2) is 0 Å². The van der Waals surface area contributed by atoms with Crippen LogP contribution in [0.1, 0.15) is 0 Å². The van der Waals surface area contributed by atoms with Crippen molar-refractivity contribution in [2.45, 2.75) is 0 Å². The molecule has 0 amide bonds. The summed E-state index contributed by atoms with van der Waals surface area (Å²) < 4.78 is 1.13. The fourth-order valence-electron chi connectivity index (χ4n) is 0.415. The summed E-state index contributed by atoms with van der Waals surface area (Å²) in [4.78, 5) is 0. The van der Waals surface area contributed by atoms with E-state index in [9.17, 15) is 0 Å². The van der Waals surface area contributed by atoms with Crippen LogP contribution in [0.3, 0.4) is 0 Å². The van der Waals surface area contributed by atoms with Crippen molar-refractivity contribution >= 4 is 53.7 Å². The molecule has 0 fully saturated rings. The van der Waals surface area contributed by atoms with Gasteiger partial charge in [0, 0.05) is 4.47 Å². The van der Waals surface area contributed by atoms with Crippen LogP contribution in [0.2, 0.25) is 0 Å². The van der Waals surface area contributed by atoms with Gasteiger partial charge in [-0.15, -0.1) is 0 Å². The van der Waals surface area contributed by atoms with Gasteiger partial charge < -0.3 is 0 Å². The second-order valence-corrected chi connectivity index (χ2v) is 2.21. The molecule has 1 aromatic rings. The SMILES string of the molecule is Brc1ccccc1.[CaH2]. The standard InChI is InChI=1S/C6H5Br.Ca.2H/c7-6-4-2-1-3-5-6;;;/h1-5H;;;. The van der Waals surface area contributed by atoms with E-state index in [0.29, 0.717) is 0 Å². The molecule has 2 heteroatoms. The van der Waals surface area contributed by atoms with E-state index in [-0.39, 0.29) is 37.7 Å². The minimum atomic E-state index is 0. The maximum atomic E-state index is 3.31. The van der Waals surface area contributed by atoms with E-state index in [2.05, 4.69) is 15.9 Å². The van der Waals surface area contributed by atoms with E-state index in [1.54, 1.807) is 0 Å². The fourth-order valence-corrected chi connectivity index (χ4v) is 0.720. The molecule has 1 rings (SSSR count). The van der Waals surface area contributed by atoms with Crippen molar-refractivity contribution in [2.75, 3.05) is 0 Å². The Bertz CT molecular complexity index is 138. The van der Waals surface area contributed by atoms with Crippen molar-refractivity contribution in [3.05, 3.63) is 34.8 Å². The second kappa shape index (κ2) is 4.80. The average Bonchev–Trinajstić information content (AvgIpc) is 1.69. The van der Waals surface area contributed by atoms with E-state index >= 15 is 0 Å². The van der Waals surface area contributed by atoms with Gasteiger partial charge in [-0.05, 0) is 12.1 Å². The third kappa shape index (κ3) is 3.08. The van der Waals surface area contributed by atoms with E-state index in [0.717, 1.165) is 4.47 Å². The summed E-state index contributed by atoms with van der Waals surface area (Å²) >= 11 is 3.31. The zero-order valence-corrected chi connectivity index (χ0v) is 5.35. The molecule has 1 aromatic carbocycles. The molecule has 0 heterocycles. The minimum absolute atomic E-state index is 0. The molecule has 0 aromatic heterocycles. The van der Waals surface area contributed by atoms with Gasteiger partial charge >= 0.3 is 37.7 Å². The molecule has 0 unspecified atom stereocenters. The maximum absolute atomic E-state index is 3.31. The molecule has 40 valence electrons. The summed E-state index contributed by atoms with van der Waals surface area (Å²) in [6.45, 7) is 0.